The van der Waals surface area contributed by atoms with Crippen molar-refractivity contribution in [1.29, 1.82) is 0 Å². The molecular formula is C10H14N4O3. The zero-order chi connectivity index (χ0) is 12.3. The molecule has 17 heavy (non-hydrogen) atoms. The van der Waals surface area contributed by atoms with Gasteiger partial charge in [0.2, 0.25) is 0 Å². The molecule has 0 bridgehead atoms. The van der Waals surface area contributed by atoms with Gasteiger partial charge in [-0.1, -0.05) is 0 Å². The Hall–Kier alpha value is -1.89. The summed E-state index contributed by atoms with van der Waals surface area (Å²) in [5.74, 6) is 0.561. The number of nitro groups is 1. The normalized spacial score (nSPS) is 19.9. The van der Waals surface area contributed by atoms with Crippen LogP contribution in [-0.2, 0) is 4.74 Å². The quantitative estimate of drug-likeness (QED) is 0.605. The molecular weight excluding hydrogens is 224 g/mol. The molecule has 92 valence electrons. The highest BCUT2D eigenvalue weighted by Crippen LogP contribution is 2.20. The largest absolute Gasteiger partial charge is 0.383 e. The van der Waals surface area contributed by atoms with E-state index in [1.807, 2.05) is 0 Å². The number of anilines is 2. The third-order valence-corrected chi connectivity index (χ3v) is 2.55. The first kappa shape index (κ1) is 11.6. The van der Waals surface area contributed by atoms with Gasteiger partial charge in [-0.05, 0) is 12.8 Å². The van der Waals surface area contributed by atoms with Crippen molar-refractivity contribution in [2.75, 3.05) is 24.3 Å². The lowest BCUT2D eigenvalue weighted by atomic mass is 10.1. The van der Waals surface area contributed by atoms with Crippen LogP contribution < -0.4 is 11.1 Å². The number of nitrogens with one attached hydrogen (secondary N) is 1. The second-order valence-corrected chi connectivity index (χ2v) is 3.95. The van der Waals surface area contributed by atoms with Crippen LogP contribution >= 0.6 is 0 Å². The van der Waals surface area contributed by atoms with Gasteiger partial charge in [-0.2, -0.15) is 0 Å². The van der Waals surface area contributed by atoms with Crippen molar-refractivity contribution in [2.45, 2.75) is 18.9 Å². The molecule has 1 aromatic heterocycles. The molecule has 1 atom stereocenters. The molecule has 1 fully saturated rings. The predicted molar refractivity (Wildman–Crippen MR) is 62.8 cm³/mol. The number of hydrogen-bond acceptors (Lipinski definition) is 6. The van der Waals surface area contributed by atoms with Crippen molar-refractivity contribution in [1.82, 2.24) is 4.98 Å². The van der Waals surface area contributed by atoms with Gasteiger partial charge in [-0.25, -0.2) is 4.98 Å². The number of nitrogens with two attached hydrogens (primary N) is 1. The van der Waals surface area contributed by atoms with E-state index >= 15 is 0 Å². The summed E-state index contributed by atoms with van der Waals surface area (Å²) in [6.07, 6.45) is 1.94. The average Bonchev–Trinajstić information content (AvgIpc) is 2.29. The standard InChI is InChI=1S/C10H14N4O3/c11-9-4-8(14(15)16)5-10(13-9)12-7-2-1-3-17-6-7/h4-5,7H,1-3,6H2,(H3,11,12,13). The van der Waals surface area contributed by atoms with E-state index in [1.54, 1.807) is 0 Å². The molecule has 1 aliphatic heterocycles. The molecule has 0 aliphatic carbocycles. The summed E-state index contributed by atoms with van der Waals surface area (Å²) in [7, 11) is 0. The minimum absolute atomic E-state index is 0.0586. The van der Waals surface area contributed by atoms with E-state index in [0.717, 1.165) is 19.4 Å². The predicted octanol–water partition coefficient (Wildman–Crippen LogP) is 1.16. The number of nitrogens with zero attached hydrogens (tertiary/aromatic N) is 2. The van der Waals surface area contributed by atoms with Crippen LogP contribution in [0.25, 0.3) is 0 Å². The molecule has 0 spiro atoms. The maximum Gasteiger partial charge on any atom is 0.276 e. The Kier molecular flexibility index (Phi) is 3.38. The van der Waals surface area contributed by atoms with E-state index < -0.39 is 4.92 Å². The van der Waals surface area contributed by atoms with E-state index in [4.69, 9.17) is 10.5 Å². The lowest BCUT2D eigenvalue weighted by molar-refractivity contribution is -0.384. The first-order chi connectivity index (χ1) is 8.15. The van der Waals surface area contributed by atoms with Gasteiger partial charge in [0.25, 0.3) is 5.69 Å². The van der Waals surface area contributed by atoms with Gasteiger partial charge >= 0.3 is 0 Å². The average molecular weight is 238 g/mol. The molecule has 7 nitrogen and oxygen atoms in total. The van der Waals surface area contributed by atoms with Crippen molar-refractivity contribution in [2.24, 2.45) is 0 Å². The van der Waals surface area contributed by atoms with Crippen LogP contribution in [-0.4, -0.2) is 29.2 Å². The van der Waals surface area contributed by atoms with E-state index in [1.165, 1.54) is 12.1 Å². The summed E-state index contributed by atoms with van der Waals surface area (Å²) in [6.45, 7) is 1.35. The number of pyridine rings is 1. The Bertz CT molecular complexity index is 418. The highest BCUT2D eigenvalue weighted by molar-refractivity contribution is 5.53. The van der Waals surface area contributed by atoms with Crippen LogP contribution in [0.2, 0.25) is 0 Å². The maximum atomic E-state index is 10.7. The van der Waals surface area contributed by atoms with Gasteiger partial charge in [0.15, 0.2) is 0 Å². The Morgan fingerprint density at radius 1 is 1.59 bits per heavy atom. The zero-order valence-electron chi connectivity index (χ0n) is 9.26. The summed E-state index contributed by atoms with van der Waals surface area (Å²) >= 11 is 0. The van der Waals surface area contributed by atoms with E-state index in [2.05, 4.69) is 10.3 Å². The summed E-state index contributed by atoms with van der Waals surface area (Å²) in [5.41, 5.74) is 5.46. The Morgan fingerprint density at radius 2 is 2.41 bits per heavy atom. The summed E-state index contributed by atoms with van der Waals surface area (Å²) in [6, 6.07) is 2.76. The van der Waals surface area contributed by atoms with Crippen LogP contribution in [0.5, 0.6) is 0 Å². The second-order valence-electron chi connectivity index (χ2n) is 3.95. The van der Waals surface area contributed by atoms with Gasteiger partial charge in [-0.3, -0.25) is 10.1 Å². The smallest absolute Gasteiger partial charge is 0.276 e. The van der Waals surface area contributed by atoms with Crippen molar-refractivity contribution < 1.29 is 9.66 Å². The maximum absolute atomic E-state index is 10.7. The van der Waals surface area contributed by atoms with Crippen LogP contribution in [0, 0.1) is 10.1 Å². The van der Waals surface area contributed by atoms with Gasteiger partial charge in [0.05, 0.1) is 29.7 Å². The zero-order valence-corrected chi connectivity index (χ0v) is 9.26. The van der Waals surface area contributed by atoms with Crippen molar-refractivity contribution in [3.05, 3.63) is 22.2 Å². The van der Waals surface area contributed by atoms with Crippen molar-refractivity contribution >= 4 is 17.3 Å². The fraction of sp³-hybridized carbons (Fsp3) is 0.500. The number of ether oxygens (including phenoxy) is 1. The Balaban J connectivity index is 2.11. The minimum atomic E-state index is -0.486. The summed E-state index contributed by atoms with van der Waals surface area (Å²) in [4.78, 5) is 14.2. The van der Waals surface area contributed by atoms with Crippen LogP contribution in [0.1, 0.15) is 12.8 Å². The molecule has 1 unspecified atom stereocenters. The summed E-state index contributed by atoms with van der Waals surface area (Å²) < 4.78 is 5.31. The molecule has 3 N–H and O–H groups in total. The SMILES string of the molecule is Nc1cc([N+](=O)[O-])cc(NC2CCCOC2)n1. The third kappa shape index (κ3) is 3.04. The van der Waals surface area contributed by atoms with Gasteiger partial charge in [-0.15, -0.1) is 0 Å². The number of rotatable bonds is 3. The van der Waals surface area contributed by atoms with Gasteiger partial charge in [0, 0.05) is 6.61 Å². The molecule has 1 aromatic rings. The Labute approximate surface area is 98.1 Å². The molecule has 1 aliphatic rings. The van der Waals surface area contributed by atoms with E-state index in [0.29, 0.717) is 12.4 Å². The Morgan fingerprint density at radius 3 is 3.06 bits per heavy atom. The molecule has 2 rings (SSSR count). The fourth-order valence-electron chi connectivity index (χ4n) is 1.78. The third-order valence-electron chi connectivity index (χ3n) is 2.55. The lowest BCUT2D eigenvalue weighted by Crippen LogP contribution is -2.30. The molecule has 0 amide bonds. The van der Waals surface area contributed by atoms with Crippen molar-refractivity contribution in [3.8, 4) is 0 Å². The van der Waals surface area contributed by atoms with E-state index in [9.17, 15) is 10.1 Å². The number of aromatic nitrogens is 1. The van der Waals surface area contributed by atoms with Gasteiger partial charge in [0.1, 0.15) is 11.6 Å². The topological polar surface area (TPSA) is 103 Å². The lowest BCUT2D eigenvalue weighted by Gasteiger charge is -2.23. The second kappa shape index (κ2) is 4.96. The van der Waals surface area contributed by atoms with E-state index in [-0.39, 0.29) is 17.5 Å². The molecule has 1 saturated heterocycles. The number of nitrogen functional groups attached to an aromatic ring is 1. The molecule has 0 radical (unpaired) electrons. The molecule has 2 heterocycles. The first-order valence-corrected chi connectivity index (χ1v) is 5.41. The van der Waals surface area contributed by atoms with Crippen LogP contribution in [0.4, 0.5) is 17.3 Å². The van der Waals surface area contributed by atoms with Crippen molar-refractivity contribution in [3.63, 3.8) is 0 Å². The highest BCUT2D eigenvalue weighted by atomic mass is 16.6. The number of hydrogen-bond donors (Lipinski definition) is 2. The highest BCUT2D eigenvalue weighted by Gasteiger charge is 2.16. The fourth-order valence-corrected chi connectivity index (χ4v) is 1.78. The monoisotopic (exact) mass is 238 g/mol. The van der Waals surface area contributed by atoms with Crippen LogP contribution in [0.15, 0.2) is 12.1 Å². The van der Waals surface area contributed by atoms with Gasteiger partial charge < -0.3 is 15.8 Å². The first-order valence-electron chi connectivity index (χ1n) is 5.41. The molecule has 0 aromatic carbocycles. The van der Waals surface area contributed by atoms with Crippen LogP contribution in [0.3, 0.4) is 0 Å². The molecule has 7 heteroatoms. The summed E-state index contributed by atoms with van der Waals surface area (Å²) in [5, 5.41) is 13.8. The molecule has 0 saturated carbocycles. The minimum Gasteiger partial charge on any atom is -0.383 e.